The molecule has 0 radical (unpaired) electrons. The van der Waals surface area contributed by atoms with E-state index in [2.05, 4.69) is 26.1 Å². The highest BCUT2D eigenvalue weighted by Crippen LogP contribution is 2.34. The van der Waals surface area contributed by atoms with Crippen LogP contribution in [0, 0.1) is 5.41 Å². The summed E-state index contributed by atoms with van der Waals surface area (Å²) in [4.78, 5) is 0. The zero-order chi connectivity index (χ0) is 10.6. The normalized spacial score (nSPS) is 28.7. The third-order valence-electron chi connectivity index (χ3n) is 3.27. The van der Waals surface area contributed by atoms with E-state index in [0.717, 1.165) is 6.42 Å². The van der Waals surface area contributed by atoms with Gasteiger partial charge in [-0.1, -0.05) is 20.8 Å². The first kappa shape index (κ1) is 12.3. The molecule has 0 bridgehead atoms. The Hall–Kier alpha value is 0.270. The zero-order valence-corrected chi connectivity index (χ0v) is 10.4. The van der Waals surface area contributed by atoms with Gasteiger partial charge in [0.05, 0.1) is 6.61 Å². The standard InChI is InChI=1S/C11H23NOS/c1-4-9(7-13)12-10-8-14-6-5-11(10,2)3/h9-10,12-13H,4-8H2,1-3H3. The van der Waals surface area contributed by atoms with Gasteiger partial charge in [0.1, 0.15) is 0 Å². The van der Waals surface area contributed by atoms with E-state index in [1.54, 1.807) is 0 Å². The molecule has 1 saturated heterocycles. The summed E-state index contributed by atoms with van der Waals surface area (Å²) in [5, 5.41) is 12.7. The first-order valence-corrected chi connectivity index (χ1v) is 6.70. The van der Waals surface area contributed by atoms with Crippen molar-refractivity contribution in [1.82, 2.24) is 5.32 Å². The van der Waals surface area contributed by atoms with Crippen molar-refractivity contribution in [3.63, 3.8) is 0 Å². The Morgan fingerprint density at radius 3 is 2.79 bits per heavy atom. The fraction of sp³-hybridized carbons (Fsp3) is 1.00. The number of nitrogens with one attached hydrogen (secondary N) is 1. The molecule has 1 aliphatic heterocycles. The van der Waals surface area contributed by atoms with Gasteiger partial charge < -0.3 is 10.4 Å². The third-order valence-corrected chi connectivity index (χ3v) is 4.33. The van der Waals surface area contributed by atoms with Gasteiger partial charge in [-0.25, -0.2) is 0 Å². The molecule has 1 heterocycles. The highest BCUT2D eigenvalue weighted by Gasteiger charge is 2.33. The number of aliphatic hydroxyl groups excluding tert-OH is 1. The largest absolute Gasteiger partial charge is 0.395 e. The van der Waals surface area contributed by atoms with Crippen molar-refractivity contribution in [2.75, 3.05) is 18.1 Å². The highest BCUT2D eigenvalue weighted by molar-refractivity contribution is 7.99. The van der Waals surface area contributed by atoms with Crippen LogP contribution in [0.1, 0.15) is 33.6 Å². The van der Waals surface area contributed by atoms with Gasteiger partial charge in [0.25, 0.3) is 0 Å². The summed E-state index contributed by atoms with van der Waals surface area (Å²) >= 11 is 2.02. The van der Waals surface area contributed by atoms with Crippen LogP contribution in [0.4, 0.5) is 0 Å². The minimum Gasteiger partial charge on any atom is -0.395 e. The summed E-state index contributed by atoms with van der Waals surface area (Å²) in [6, 6.07) is 0.830. The summed E-state index contributed by atoms with van der Waals surface area (Å²) in [5.74, 6) is 2.46. The Morgan fingerprint density at radius 1 is 1.57 bits per heavy atom. The van der Waals surface area contributed by atoms with E-state index in [4.69, 9.17) is 5.11 Å². The molecule has 0 aromatic carbocycles. The monoisotopic (exact) mass is 217 g/mol. The van der Waals surface area contributed by atoms with Gasteiger partial charge >= 0.3 is 0 Å². The molecule has 0 aromatic heterocycles. The van der Waals surface area contributed by atoms with Crippen LogP contribution in [0.2, 0.25) is 0 Å². The molecule has 0 aliphatic carbocycles. The predicted molar refractivity (Wildman–Crippen MR) is 63.8 cm³/mol. The Labute approximate surface area is 91.9 Å². The molecule has 84 valence electrons. The fourth-order valence-electron chi connectivity index (χ4n) is 1.79. The second-order valence-electron chi connectivity index (χ2n) is 4.82. The molecule has 0 aromatic rings. The van der Waals surface area contributed by atoms with E-state index in [1.807, 2.05) is 11.8 Å². The van der Waals surface area contributed by atoms with Crippen molar-refractivity contribution >= 4 is 11.8 Å². The van der Waals surface area contributed by atoms with Crippen molar-refractivity contribution in [2.24, 2.45) is 5.41 Å². The molecule has 2 nitrogen and oxygen atoms in total. The molecule has 0 spiro atoms. The van der Waals surface area contributed by atoms with Gasteiger partial charge in [-0.05, 0) is 24.0 Å². The maximum absolute atomic E-state index is 9.16. The second kappa shape index (κ2) is 5.38. The molecule has 2 N–H and O–H groups in total. The summed E-state index contributed by atoms with van der Waals surface area (Å²) in [6.45, 7) is 7.04. The second-order valence-corrected chi connectivity index (χ2v) is 5.97. The van der Waals surface area contributed by atoms with Crippen LogP contribution < -0.4 is 5.32 Å². The van der Waals surface area contributed by atoms with Gasteiger partial charge in [-0.2, -0.15) is 11.8 Å². The lowest BCUT2D eigenvalue weighted by Gasteiger charge is -2.40. The first-order valence-electron chi connectivity index (χ1n) is 5.55. The molecular weight excluding hydrogens is 194 g/mol. The quantitative estimate of drug-likeness (QED) is 0.754. The van der Waals surface area contributed by atoms with Crippen LogP contribution >= 0.6 is 11.8 Å². The van der Waals surface area contributed by atoms with Gasteiger partial charge in [0.2, 0.25) is 0 Å². The number of hydrogen-bond acceptors (Lipinski definition) is 3. The summed E-state index contributed by atoms with van der Waals surface area (Å²) in [7, 11) is 0. The van der Waals surface area contributed by atoms with E-state index in [0.29, 0.717) is 11.5 Å². The highest BCUT2D eigenvalue weighted by atomic mass is 32.2. The summed E-state index contributed by atoms with van der Waals surface area (Å²) < 4.78 is 0. The Bertz CT molecular complexity index is 169. The van der Waals surface area contributed by atoms with Crippen LogP contribution in [0.25, 0.3) is 0 Å². The van der Waals surface area contributed by atoms with Crippen molar-refractivity contribution in [3.05, 3.63) is 0 Å². The molecule has 0 saturated carbocycles. The maximum atomic E-state index is 9.16. The number of rotatable bonds is 4. The molecular formula is C11H23NOS. The first-order chi connectivity index (χ1) is 6.60. The van der Waals surface area contributed by atoms with Crippen molar-refractivity contribution in [3.8, 4) is 0 Å². The summed E-state index contributed by atoms with van der Waals surface area (Å²) in [5.41, 5.74) is 0.383. The lowest BCUT2D eigenvalue weighted by Crippen LogP contribution is -2.51. The van der Waals surface area contributed by atoms with Gasteiger partial charge in [-0.3, -0.25) is 0 Å². The lowest BCUT2D eigenvalue weighted by atomic mass is 9.82. The van der Waals surface area contributed by atoms with Gasteiger partial charge in [0, 0.05) is 17.8 Å². The number of aliphatic hydroxyl groups is 1. The van der Waals surface area contributed by atoms with Crippen molar-refractivity contribution in [2.45, 2.75) is 45.7 Å². The maximum Gasteiger partial charge on any atom is 0.0584 e. The summed E-state index contributed by atoms with van der Waals surface area (Å²) in [6.07, 6.45) is 2.28. The van der Waals surface area contributed by atoms with Crippen LogP contribution in [0.3, 0.4) is 0 Å². The molecule has 1 fully saturated rings. The van der Waals surface area contributed by atoms with E-state index in [-0.39, 0.29) is 12.6 Å². The van der Waals surface area contributed by atoms with E-state index in [1.165, 1.54) is 17.9 Å². The molecule has 1 aliphatic rings. The molecule has 3 heteroatoms. The molecule has 2 atom stereocenters. The SMILES string of the molecule is CCC(CO)NC1CSCCC1(C)C. The number of thioether (sulfide) groups is 1. The zero-order valence-electron chi connectivity index (χ0n) is 9.55. The van der Waals surface area contributed by atoms with E-state index < -0.39 is 0 Å². The number of hydrogen-bond donors (Lipinski definition) is 2. The van der Waals surface area contributed by atoms with Gasteiger partial charge in [0.15, 0.2) is 0 Å². The molecule has 1 rings (SSSR count). The Kier molecular flexibility index (Phi) is 4.74. The van der Waals surface area contributed by atoms with Crippen LogP contribution in [0.5, 0.6) is 0 Å². The Morgan fingerprint density at radius 2 is 2.29 bits per heavy atom. The average molecular weight is 217 g/mol. The Balaban J connectivity index is 2.48. The van der Waals surface area contributed by atoms with Gasteiger partial charge in [-0.15, -0.1) is 0 Å². The predicted octanol–water partition coefficient (Wildman–Crippen LogP) is 1.88. The lowest BCUT2D eigenvalue weighted by molar-refractivity contribution is 0.180. The van der Waals surface area contributed by atoms with Crippen molar-refractivity contribution < 1.29 is 5.11 Å². The smallest absolute Gasteiger partial charge is 0.0584 e. The van der Waals surface area contributed by atoms with E-state index >= 15 is 0 Å². The molecule has 0 amide bonds. The van der Waals surface area contributed by atoms with E-state index in [9.17, 15) is 0 Å². The fourth-order valence-corrected chi connectivity index (χ4v) is 3.41. The topological polar surface area (TPSA) is 32.3 Å². The van der Waals surface area contributed by atoms with Crippen molar-refractivity contribution in [1.29, 1.82) is 0 Å². The van der Waals surface area contributed by atoms with Crippen LogP contribution in [-0.2, 0) is 0 Å². The average Bonchev–Trinajstić information content (AvgIpc) is 2.16. The molecule has 2 unspecified atom stereocenters. The minimum atomic E-state index is 0.258. The minimum absolute atomic E-state index is 0.258. The third kappa shape index (κ3) is 3.14. The molecule has 14 heavy (non-hydrogen) atoms. The van der Waals surface area contributed by atoms with Crippen LogP contribution in [-0.4, -0.2) is 35.3 Å². The van der Waals surface area contributed by atoms with Crippen LogP contribution in [0.15, 0.2) is 0 Å².